The van der Waals surface area contributed by atoms with Crippen molar-refractivity contribution in [1.82, 2.24) is 14.3 Å². The Balaban J connectivity index is 1.71. The van der Waals surface area contributed by atoms with E-state index >= 15 is 0 Å². The quantitative estimate of drug-likeness (QED) is 0.571. The fourth-order valence-corrected chi connectivity index (χ4v) is 3.57. The van der Waals surface area contributed by atoms with Crippen LogP contribution in [0, 0.1) is 0 Å². The Morgan fingerprint density at radius 1 is 1.16 bits per heavy atom. The van der Waals surface area contributed by atoms with E-state index in [9.17, 15) is 4.79 Å². The topological polar surface area (TPSA) is 52.2 Å². The molecule has 2 aromatic carbocycles. The fourth-order valence-electron chi connectivity index (χ4n) is 2.85. The first-order chi connectivity index (χ1) is 12.2. The first kappa shape index (κ1) is 15.5. The summed E-state index contributed by atoms with van der Waals surface area (Å²) in [5.41, 5.74) is 1.68. The maximum Gasteiger partial charge on any atom is 0.297 e. The van der Waals surface area contributed by atoms with Gasteiger partial charge in [-0.15, -0.1) is 11.3 Å². The number of fused-ring (bicyclic) bond motifs is 1. The van der Waals surface area contributed by atoms with E-state index in [0.29, 0.717) is 17.0 Å². The van der Waals surface area contributed by atoms with Gasteiger partial charge >= 0.3 is 0 Å². The standard InChI is InChI=1S/C19H16N4OS/c1-22-17(9-10-20-22)18(24)21-19-23(11-12-25-19)13-15-7-4-6-14-5-2-3-8-16(14)15/h2-12H,13H2,1H3. The van der Waals surface area contributed by atoms with Gasteiger partial charge in [0.2, 0.25) is 0 Å². The molecule has 2 aromatic heterocycles. The van der Waals surface area contributed by atoms with Crippen molar-refractivity contribution in [3.05, 3.63) is 82.4 Å². The highest BCUT2D eigenvalue weighted by Crippen LogP contribution is 2.19. The highest BCUT2D eigenvalue weighted by molar-refractivity contribution is 7.07. The molecule has 0 spiro atoms. The summed E-state index contributed by atoms with van der Waals surface area (Å²) < 4.78 is 3.54. The van der Waals surface area contributed by atoms with Gasteiger partial charge in [0.05, 0.1) is 6.54 Å². The summed E-state index contributed by atoms with van der Waals surface area (Å²) in [5, 5.41) is 8.39. The minimum absolute atomic E-state index is 0.283. The van der Waals surface area contributed by atoms with Gasteiger partial charge in [0, 0.05) is 24.8 Å². The van der Waals surface area contributed by atoms with Gasteiger partial charge < -0.3 is 4.57 Å². The molecule has 0 saturated heterocycles. The average molecular weight is 348 g/mol. The molecular formula is C19H16N4OS. The van der Waals surface area contributed by atoms with Crippen LogP contribution in [0.15, 0.2) is 71.3 Å². The van der Waals surface area contributed by atoms with E-state index in [4.69, 9.17) is 0 Å². The largest absolute Gasteiger partial charge is 0.319 e. The second-order valence-corrected chi connectivity index (χ2v) is 6.58. The van der Waals surface area contributed by atoms with Gasteiger partial charge in [-0.1, -0.05) is 42.5 Å². The van der Waals surface area contributed by atoms with E-state index in [-0.39, 0.29) is 5.91 Å². The van der Waals surface area contributed by atoms with Crippen LogP contribution in [0.1, 0.15) is 16.1 Å². The predicted octanol–water partition coefficient (Wildman–Crippen LogP) is 3.23. The lowest BCUT2D eigenvalue weighted by atomic mass is 10.0. The van der Waals surface area contributed by atoms with Crippen molar-refractivity contribution in [1.29, 1.82) is 0 Å². The van der Waals surface area contributed by atoms with Crippen molar-refractivity contribution in [2.24, 2.45) is 12.0 Å². The van der Waals surface area contributed by atoms with Gasteiger partial charge in [-0.2, -0.15) is 10.1 Å². The average Bonchev–Trinajstić information content (AvgIpc) is 3.24. The Morgan fingerprint density at radius 2 is 2.00 bits per heavy atom. The third kappa shape index (κ3) is 3.04. The molecule has 0 fully saturated rings. The summed E-state index contributed by atoms with van der Waals surface area (Å²) in [4.78, 5) is 17.3. The Kier molecular flexibility index (Phi) is 4.03. The normalized spacial score (nSPS) is 12.0. The Hall–Kier alpha value is -2.99. The zero-order valence-corrected chi connectivity index (χ0v) is 14.5. The summed E-state index contributed by atoms with van der Waals surface area (Å²) >= 11 is 1.45. The third-order valence-corrected chi connectivity index (χ3v) is 4.91. The molecule has 5 nitrogen and oxygen atoms in total. The zero-order chi connectivity index (χ0) is 17.2. The van der Waals surface area contributed by atoms with Crippen LogP contribution < -0.4 is 4.80 Å². The summed E-state index contributed by atoms with van der Waals surface area (Å²) in [5.74, 6) is -0.283. The number of carbonyl (C=O) groups excluding carboxylic acids is 1. The number of hydrogen-bond donors (Lipinski definition) is 0. The maximum atomic E-state index is 12.4. The van der Waals surface area contributed by atoms with Crippen LogP contribution in [0.3, 0.4) is 0 Å². The number of aromatic nitrogens is 3. The lowest BCUT2D eigenvalue weighted by molar-refractivity contribution is 0.0989. The minimum atomic E-state index is -0.283. The molecule has 124 valence electrons. The Morgan fingerprint density at radius 3 is 2.84 bits per heavy atom. The van der Waals surface area contributed by atoms with Crippen LogP contribution in [-0.2, 0) is 13.6 Å². The van der Waals surface area contributed by atoms with E-state index in [1.165, 1.54) is 32.4 Å². The smallest absolute Gasteiger partial charge is 0.297 e. The molecule has 0 aliphatic rings. The lowest BCUT2D eigenvalue weighted by Crippen LogP contribution is -2.18. The van der Waals surface area contributed by atoms with E-state index in [1.807, 2.05) is 28.3 Å². The molecule has 1 amide bonds. The number of thiazole rings is 1. The van der Waals surface area contributed by atoms with Crippen LogP contribution in [-0.4, -0.2) is 20.3 Å². The fraction of sp³-hybridized carbons (Fsp3) is 0.105. The Labute approximate surface area is 148 Å². The number of benzene rings is 2. The molecule has 0 unspecified atom stereocenters. The number of hydrogen-bond acceptors (Lipinski definition) is 3. The maximum absolute atomic E-state index is 12.4. The molecular weight excluding hydrogens is 332 g/mol. The van der Waals surface area contributed by atoms with Crippen LogP contribution in [0.4, 0.5) is 0 Å². The van der Waals surface area contributed by atoms with E-state index in [0.717, 1.165) is 0 Å². The molecule has 0 atom stereocenters. The molecule has 25 heavy (non-hydrogen) atoms. The number of rotatable bonds is 3. The molecule has 0 bridgehead atoms. The molecule has 0 radical (unpaired) electrons. The van der Waals surface area contributed by atoms with Gasteiger partial charge in [0.25, 0.3) is 5.91 Å². The zero-order valence-electron chi connectivity index (χ0n) is 13.7. The first-order valence-corrected chi connectivity index (χ1v) is 8.78. The van der Waals surface area contributed by atoms with Crippen molar-refractivity contribution in [3.8, 4) is 0 Å². The van der Waals surface area contributed by atoms with Gasteiger partial charge in [-0.05, 0) is 22.4 Å². The van der Waals surface area contributed by atoms with Gasteiger partial charge in [-0.25, -0.2) is 0 Å². The number of nitrogens with zero attached hydrogens (tertiary/aromatic N) is 4. The van der Waals surface area contributed by atoms with Crippen LogP contribution in [0.5, 0.6) is 0 Å². The molecule has 4 rings (SSSR count). The van der Waals surface area contributed by atoms with Crippen molar-refractivity contribution in [2.75, 3.05) is 0 Å². The van der Waals surface area contributed by atoms with Crippen molar-refractivity contribution >= 4 is 28.0 Å². The second-order valence-electron chi connectivity index (χ2n) is 5.71. The molecule has 2 heterocycles. The second kappa shape index (κ2) is 6.49. The van der Waals surface area contributed by atoms with Crippen LogP contribution in [0.2, 0.25) is 0 Å². The first-order valence-electron chi connectivity index (χ1n) is 7.90. The Bertz CT molecular complexity index is 1110. The lowest BCUT2D eigenvalue weighted by Gasteiger charge is -2.07. The molecule has 4 aromatic rings. The highest BCUT2D eigenvalue weighted by Gasteiger charge is 2.09. The van der Waals surface area contributed by atoms with E-state index < -0.39 is 0 Å². The van der Waals surface area contributed by atoms with Crippen LogP contribution in [0.25, 0.3) is 10.8 Å². The number of aryl methyl sites for hydroxylation is 1. The van der Waals surface area contributed by atoms with Crippen molar-refractivity contribution in [2.45, 2.75) is 6.54 Å². The summed E-state index contributed by atoms with van der Waals surface area (Å²) in [6.45, 7) is 0.669. The minimum Gasteiger partial charge on any atom is -0.319 e. The number of carbonyl (C=O) groups is 1. The third-order valence-electron chi connectivity index (χ3n) is 4.12. The summed E-state index contributed by atoms with van der Waals surface area (Å²) in [6, 6.07) is 16.3. The monoisotopic (exact) mass is 348 g/mol. The molecule has 0 N–H and O–H groups in total. The molecule has 0 saturated carbocycles. The van der Waals surface area contributed by atoms with E-state index in [1.54, 1.807) is 19.3 Å². The molecule has 6 heteroatoms. The van der Waals surface area contributed by atoms with Crippen LogP contribution >= 0.6 is 11.3 Å². The van der Waals surface area contributed by atoms with Crippen molar-refractivity contribution < 1.29 is 4.79 Å². The van der Waals surface area contributed by atoms with Gasteiger partial charge in [0.15, 0.2) is 4.80 Å². The van der Waals surface area contributed by atoms with Crippen molar-refractivity contribution in [3.63, 3.8) is 0 Å². The summed E-state index contributed by atoms with van der Waals surface area (Å²) in [7, 11) is 1.74. The highest BCUT2D eigenvalue weighted by atomic mass is 32.1. The molecule has 0 aliphatic heterocycles. The predicted molar refractivity (Wildman–Crippen MR) is 98.5 cm³/mol. The van der Waals surface area contributed by atoms with Gasteiger partial charge in [0.1, 0.15) is 5.69 Å². The number of amides is 1. The molecule has 0 aliphatic carbocycles. The summed E-state index contributed by atoms with van der Waals surface area (Å²) in [6.07, 6.45) is 3.56. The SMILES string of the molecule is Cn1nccc1C(=O)N=c1sccn1Cc1cccc2ccccc12. The van der Waals surface area contributed by atoms with E-state index in [2.05, 4.69) is 40.4 Å². The van der Waals surface area contributed by atoms with Gasteiger partial charge in [-0.3, -0.25) is 9.48 Å².